The van der Waals surface area contributed by atoms with Crippen molar-refractivity contribution in [3.8, 4) is 17.5 Å². The summed E-state index contributed by atoms with van der Waals surface area (Å²) in [5, 5.41) is 22.7. The molecule has 2 aromatic heterocycles. The fraction of sp³-hybridized carbons (Fsp3) is 0.182. The van der Waals surface area contributed by atoms with Crippen molar-refractivity contribution in [3.63, 3.8) is 0 Å². The standard InChI is InChI=1S/C22H18N6OS/c23-11-14-5-1-3-7-18(14)25-20(29)13-30-22-27-26-21(28(22)15-9-10-15)17-12-24-19-8-4-2-6-16(17)19/h1-8,12,15,24H,9-10,13H2,(H,25,29). The second-order valence-electron chi connectivity index (χ2n) is 7.15. The molecule has 0 atom stereocenters. The molecule has 1 aliphatic rings. The average molecular weight is 414 g/mol. The monoisotopic (exact) mass is 414 g/mol. The summed E-state index contributed by atoms with van der Waals surface area (Å²) < 4.78 is 2.15. The molecule has 1 aliphatic carbocycles. The zero-order valence-corrected chi connectivity index (χ0v) is 16.8. The number of para-hydroxylation sites is 2. The number of aromatic amines is 1. The lowest BCUT2D eigenvalue weighted by atomic mass is 10.1. The van der Waals surface area contributed by atoms with E-state index in [1.54, 1.807) is 24.3 Å². The first-order valence-corrected chi connectivity index (χ1v) is 10.7. The van der Waals surface area contributed by atoms with E-state index >= 15 is 0 Å². The maximum absolute atomic E-state index is 12.5. The minimum atomic E-state index is -0.179. The van der Waals surface area contributed by atoms with Crippen LogP contribution in [0.1, 0.15) is 24.4 Å². The highest BCUT2D eigenvalue weighted by molar-refractivity contribution is 7.99. The lowest BCUT2D eigenvalue weighted by Gasteiger charge is -2.09. The molecule has 2 heterocycles. The minimum Gasteiger partial charge on any atom is -0.360 e. The number of anilines is 1. The Bertz CT molecular complexity index is 1280. The van der Waals surface area contributed by atoms with Gasteiger partial charge < -0.3 is 10.3 Å². The third-order valence-corrected chi connectivity index (χ3v) is 6.00. The van der Waals surface area contributed by atoms with Crippen molar-refractivity contribution < 1.29 is 4.79 Å². The number of benzene rings is 2. The van der Waals surface area contributed by atoms with Crippen molar-refractivity contribution in [2.24, 2.45) is 0 Å². The summed E-state index contributed by atoms with van der Waals surface area (Å²) in [6.45, 7) is 0. The Morgan fingerprint density at radius 1 is 1.20 bits per heavy atom. The molecule has 7 nitrogen and oxygen atoms in total. The van der Waals surface area contributed by atoms with E-state index in [9.17, 15) is 10.1 Å². The van der Waals surface area contributed by atoms with Crippen LogP contribution in [0.15, 0.2) is 59.9 Å². The smallest absolute Gasteiger partial charge is 0.234 e. The van der Waals surface area contributed by atoms with E-state index in [-0.39, 0.29) is 11.7 Å². The first-order valence-electron chi connectivity index (χ1n) is 9.68. The van der Waals surface area contributed by atoms with Gasteiger partial charge in [0.05, 0.1) is 17.0 Å². The van der Waals surface area contributed by atoms with Crippen LogP contribution in [0, 0.1) is 11.3 Å². The number of nitrogens with one attached hydrogen (secondary N) is 2. The normalized spacial score (nSPS) is 13.3. The maximum atomic E-state index is 12.5. The first-order chi connectivity index (χ1) is 14.7. The first kappa shape index (κ1) is 18.5. The predicted molar refractivity (Wildman–Crippen MR) is 116 cm³/mol. The number of aromatic nitrogens is 4. The summed E-state index contributed by atoms with van der Waals surface area (Å²) in [5.74, 6) is 0.841. The third-order valence-electron chi connectivity index (χ3n) is 5.06. The summed E-state index contributed by atoms with van der Waals surface area (Å²) in [7, 11) is 0. The Kier molecular flexibility index (Phi) is 4.73. The topological polar surface area (TPSA) is 99.4 Å². The van der Waals surface area contributed by atoms with Gasteiger partial charge in [-0.1, -0.05) is 42.1 Å². The number of hydrogen-bond donors (Lipinski definition) is 2. The van der Waals surface area contributed by atoms with Gasteiger partial charge in [-0.15, -0.1) is 10.2 Å². The van der Waals surface area contributed by atoms with Crippen LogP contribution in [0.5, 0.6) is 0 Å². The molecule has 148 valence electrons. The molecular formula is C22H18N6OS. The number of rotatable bonds is 6. The fourth-order valence-electron chi connectivity index (χ4n) is 3.48. The van der Waals surface area contributed by atoms with Crippen molar-refractivity contribution in [3.05, 3.63) is 60.3 Å². The number of hydrogen-bond acceptors (Lipinski definition) is 5. The van der Waals surface area contributed by atoms with Gasteiger partial charge in [0.25, 0.3) is 0 Å². The molecule has 0 bridgehead atoms. The highest BCUT2D eigenvalue weighted by Crippen LogP contribution is 2.42. The number of fused-ring (bicyclic) bond motifs is 1. The van der Waals surface area contributed by atoms with E-state index in [1.165, 1.54) is 11.8 Å². The second kappa shape index (κ2) is 7.69. The predicted octanol–water partition coefficient (Wildman–Crippen LogP) is 4.36. The molecule has 1 fully saturated rings. The van der Waals surface area contributed by atoms with Crippen molar-refractivity contribution in [2.75, 3.05) is 11.1 Å². The van der Waals surface area contributed by atoms with Gasteiger partial charge in [0, 0.05) is 28.7 Å². The maximum Gasteiger partial charge on any atom is 0.234 e. The van der Waals surface area contributed by atoms with Crippen molar-refractivity contribution >= 4 is 34.3 Å². The van der Waals surface area contributed by atoms with Crippen molar-refractivity contribution in [2.45, 2.75) is 24.0 Å². The fourth-order valence-corrected chi connectivity index (χ4v) is 4.29. The number of carbonyl (C=O) groups excluding carboxylic acids is 1. The molecule has 0 unspecified atom stereocenters. The van der Waals surface area contributed by atoms with Crippen LogP contribution in [0.4, 0.5) is 5.69 Å². The van der Waals surface area contributed by atoms with Crippen molar-refractivity contribution in [1.29, 1.82) is 5.26 Å². The number of nitriles is 1. The lowest BCUT2D eigenvalue weighted by Crippen LogP contribution is -2.15. The molecule has 4 aromatic rings. The van der Waals surface area contributed by atoms with Gasteiger partial charge in [-0.2, -0.15) is 5.26 Å². The third kappa shape index (κ3) is 3.44. The molecule has 30 heavy (non-hydrogen) atoms. The molecule has 0 spiro atoms. The SMILES string of the molecule is N#Cc1ccccc1NC(=O)CSc1nnc(-c2c[nH]c3ccccc23)n1C1CC1. The molecule has 8 heteroatoms. The lowest BCUT2D eigenvalue weighted by molar-refractivity contribution is -0.113. The van der Waals surface area contributed by atoms with Gasteiger partial charge >= 0.3 is 0 Å². The van der Waals surface area contributed by atoms with Crippen LogP contribution < -0.4 is 5.32 Å². The Morgan fingerprint density at radius 2 is 2.00 bits per heavy atom. The average Bonchev–Trinajstić information content (AvgIpc) is 3.38. The highest BCUT2D eigenvalue weighted by atomic mass is 32.2. The van der Waals surface area contributed by atoms with Crippen LogP contribution in [0.3, 0.4) is 0 Å². The van der Waals surface area contributed by atoms with E-state index in [0.717, 1.165) is 40.3 Å². The summed E-state index contributed by atoms with van der Waals surface area (Å²) in [6.07, 6.45) is 4.14. The Balaban J connectivity index is 1.37. The van der Waals surface area contributed by atoms with Gasteiger partial charge in [0.2, 0.25) is 5.91 Å². The summed E-state index contributed by atoms with van der Waals surface area (Å²) >= 11 is 1.36. The summed E-state index contributed by atoms with van der Waals surface area (Å²) in [4.78, 5) is 15.7. The number of H-pyrrole nitrogens is 1. The molecule has 2 N–H and O–H groups in total. The number of carbonyl (C=O) groups is 1. The minimum absolute atomic E-state index is 0.179. The van der Waals surface area contributed by atoms with E-state index < -0.39 is 0 Å². The van der Waals surface area contributed by atoms with Gasteiger partial charge in [-0.05, 0) is 31.0 Å². The quantitative estimate of drug-likeness (QED) is 0.457. The van der Waals surface area contributed by atoms with Gasteiger partial charge in [-0.25, -0.2) is 0 Å². The Labute approximate surface area is 177 Å². The van der Waals surface area contributed by atoms with Crippen LogP contribution in [0.2, 0.25) is 0 Å². The van der Waals surface area contributed by atoms with Crippen LogP contribution in [0.25, 0.3) is 22.3 Å². The number of thioether (sulfide) groups is 1. The molecule has 0 aliphatic heterocycles. The summed E-state index contributed by atoms with van der Waals surface area (Å²) in [6, 6.07) is 17.5. The van der Waals surface area contributed by atoms with Crippen molar-refractivity contribution in [1.82, 2.24) is 19.7 Å². The molecule has 1 saturated carbocycles. The van der Waals surface area contributed by atoms with E-state index in [2.05, 4.69) is 37.2 Å². The molecule has 0 radical (unpaired) electrons. The molecular weight excluding hydrogens is 396 g/mol. The van der Waals surface area contributed by atoms with E-state index in [4.69, 9.17) is 0 Å². The van der Waals surface area contributed by atoms with Crippen LogP contribution in [-0.4, -0.2) is 31.4 Å². The van der Waals surface area contributed by atoms with Crippen LogP contribution >= 0.6 is 11.8 Å². The zero-order chi connectivity index (χ0) is 20.5. The summed E-state index contributed by atoms with van der Waals surface area (Å²) in [5.41, 5.74) is 3.04. The molecule has 1 amide bonds. The van der Waals surface area contributed by atoms with Crippen LogP contribution in [-0.2, 0) is 4.79 Å². The number of nitrogens with zero attached hydrogens (tertiary/aromatic N) is 4. The zero-order valence-electron chi connectivity index (χ0n) is 16.0. The molecule has 0 saturated heterocycles. The van der Waals surface area contributed by atoms with Gasteiger partial charge in [-0.3, -0.25) is 9.36 Å². The number of amides is 1. The van der Waals surface area contributed by atoms with Gasteiger partial charge in [0.1, 0.15) is 6.07 Å². The largest absolute Gasteiger partial charge is 0.360 e. The van der Waals surface area contributed by atoms with E-state index in [0.29, 0.717) is 17.3 Å². The Hall–Kier alpha value is -3.57. The molecule has 2 aromatic carbocycles. The van der Waals surface area contributed by atoms with E-state index in [1.807, 2.05) is 24.4 Å². The second-order valence-corrected chi connectivity index (χ2v) is 8.09. The highest BCUT2D eigenvalue weighted by Gasteiger charge is 2.31. The van der Waals surface area contributed by atoms with Gasteiger partial charge in [0.15, 0.2) is 11.0 Å². The Morgan fingerprint density at radius 3 is 2.83 bits per heavy atom. The molecule has 5 rings (SSSR count).